The number of halogens is 1. The second-order valence-corrected chi connectivity index (χ2v) is 8.89. The molecule has 0 aliphatic carbocycles. The molecule has 0 radical (unpaired) electrons. The lowest BCUT2D eigenvalue weighted by Crippen LogP contribution is -2.46. The summed E-state index contributed by atoms with van der Waals surface area (Å²) in [5.41, 5.74) is 3.00. The van der Waals surface area contributed by atoms with Crippen LogP contribution < -0.4 is 14.4 Å². The number of pyridine rings is 1. The molecule has 0 saturated carbocycles. The quantitative estimate of drug-likeness (QED) is 0.367. The van der Waals surface area contributed by atoms with E-state index >= 15 is 0 Å². The molecule has 1 fully saturated rings. The number of ether oxygens (including phenoxy) is 2. The highest BCUT2D eigenvalue weighted by Gasteiger charge is 2.19. The molecule has 0 unspecified atom stereocenters. The second-order valence-electron chi connectivity index (χ2n) is 8.45. The van der Waals surface area contributed by atoms with Crippen molar-refractivity contribution in [3.63, 3.8) is 0 Å². The zero-order chi connectivity index (χ0) is 24.2. The monoisotopic (exact) mass is 493 g/mol. The molecule has 4 aromatic rings. The van der Waals surface area contributed by atoms with Crippen molar-refractivity contribution in [1.82, 2.24) is 30.1 Å². The fraction of sp³-hybridized carbons (Fsp3) is 0.360. The van der Waals surface area contributed by atoms with Crippen LogP contribution in [0.25, 0.3) is 22.3 Å². The van der Waals surface area contributed by atoms with Gasteiger partial charge in [-0.25, -0.2) is 0 Å². The van der Waals surface area contributed by atoms with Gasteiger partial charge in [0.1, 0.15) is 0 Å². The molecule has 0 amide bonds. The predicted octanol–water partition coefficient (Wildman–Crippen LogP) is 3.77. The van der Waals surface area contributed by atoms with Crippen LogP contribution in [0.5, 0.6) is 11.5 Å². The van der Waals surface area contributed by atoms with Crippen molar-refractivity contribution < 1.29 is 9.47 Å². The molecule has 35 heavy (non-hydrogen) atoms. The summed E-state index contributed by atoms with van der Waals surface area (Å²) < 4.78 is 10.7. The first-order valence-corrected chi connectivity index (χ1v) is 12.0. The fourth-order valence-corrected chi connectivity index (χ4v) is 4.63. The zero-order valence-electron chi connectivity index (χ0n) is 19.9. The molecule has 2 aromatic heterocycles. The molecule has 1 saturated heterocycles. The topological polar surface area (TPSA) is 81.4 Å². The Hall–Kier alpha value is -3.43. The standard InChI is InChI=1S/C25H28ClN7O2/c1-34-23-7-4-18(16-24(23)35-2)25-28-30-33(29-25)11-3-10-31-12-14-32(15-13-31)22-8-9-27-21-17-19(26)5-6-20(21)22/h4-9,16-17H,3,10-15H2,1-2H3. The number of hydrogen-bond donors (Lipinski definition) is 0. The third kappa shape index (κ3) is 5.16. The minimum absolute atomic E-state index is 0.574. The first-order valence-electron chi connectivity index (χ1n) is 11.7. The third-order valence-corrected chi connectivity index (χ3v) is 6.56. The summed E-state index contributed by atoms with van der Waals surface area (Å²) in [6.07, 6.45) is 2.82. The van der Waals surface area contributed by atoms with Crippen LogP contribution in [0.15, 0.2) is 48.7 Å². The van der Waals surface area contributed by atoms with E-state index in [-0.39, 0.29) is 0 Å². The number of aromatic nitrogens is 5. The summed E-state index contributed by atoms with van der Waals surface area (Å²) in [6.45, 7) is 5.70. The van der Waals surface area contributed by atoms with Gasteiger partial charge < -0.3 is 14.4 Å². The number of methoxy groups -OCH3 is 2. The Morgan fingerprint density at radius 1 is 0.914 bits per heavy atom. The first-order chi connectivity index (χ1) is 17.1. The van der Waals surface area contributed by atoms with Gasteiger partial charge in [-0.05, 0) is 54.1 Å². The summed E-state index contributed by atoms with van der Waals surface area (Å²) in [5, 5.41) is 14.8. The number of benzene rings is 2. The largest absolute Gasteiger partial charge is 0.493 e. The van der Waals surface area contributed by atoms with Crippen molar-refractivity contribution in [2.45, 2.75) is 13.0 Å². The summed E-state index contributed by atoms with van der Waals surface area (Å²) in [5.74, 6) is 1.89. The van der Waals surface area contributed by atoms with E-state index in [0.717, 1.165) is 62.2 Å². The number of anilines is 1. The van der Waals surface area contributed by atoms with E-state index in [1.165, 1.54) is 5.69 Å². The minimum Gasteiger partial charge on any atom is -0.493 e. The molecular formula is C25H28ClN7O2. The maximum Gasteiger partial charge on any atom is 0.205 e. The summed E-state index contributed by atoms with van der Waals surface area (Å²) in [7, 11) is 3.23. The Balaban J connectivity index is 1.13. The van der Waals surface area contributed by atoms with Gasteiger partial charge in [0.15, 0.2) is 11.5 Å². The molecule has 182 valence electrons. The summed E-state index contributed by atoms with van der Waals surface area (Å²) in [6, 6.07) is 13.6. The third-order valence-electron chi connectivity index (χ3n) is 6.32. The van der Waals surface area contributed by atoms with Crippen LogP contribution in [0.1, 0.15) is 6.42 Å². The Labute approximate surface area is 209 Å². The zero-order valence-corrected chi connectivity index (χ0v) is 20.6. The normalized spacial score (nSPS) is 14.4. The van der Waals surface area contributed by atoms with Crippen molar-refractivity contribution in [2.24, 2.45) is 0 Å². The van der Waals surface area contributed by atoms with E-state index in [0.29, 0.717) is 22.3 Å². The van der Waals surface area contributed by atoms with Crippen molar-refractivity contribution >= 4 is 28.2 Å². The van der Waals surface area contributed by atoms with Gasteiger partial charge in [-0.1, -0.05) is 11.6 Å². The van der Waals surface area contributed by atoms with E-state index in [1.54, 1.807) is 19.0 Å². The average molecular weight is 494 g/mol. The fourth-order valence-electron chi connectivity index (χ4n) is 4.46. The smallest absolute Gasteiger partial charge is 0.205 e. The molecule has 9 nitrogen and oxygen atoms in total. The van der Waals surface area contributed by atoms with E-state index in [2.05, 4.69) is 42.3 Å². The number of piperazine rings is 1. The molecule has 2 aromatic carbocycles. The van der Waals surface area contributed by atoms with Crippen molar-refractivity contribution in [1.29, 1.82) is 0 Å². The Kier molecular flexibility index (Phi) is 6.96. The maximum atomic E-state index is 6.14. The molecule has 3 heterocycles. The lowest BCUT2D eigenvalue weighted by molar-refractivity contribution is 0.247. The van der Waals surface area contributed by atoms with Crippen LogP contribution in [-0.4, -0.2) is 77.0 Å². The van der Waals surface area contributed by atoms with Gasteiger partial charge in [0.05, 0.1) is 26.3 Å². The van der Waals surface area contributed by atoms with E-state index < -0.39 is 0 Å². The SMILES string of the molecule is COc1ccc(-c2nnn(CCCN3CCN(c4ccnc5cc(Cl)ccc45)CC3)n2)cc1OC. The Morgan fingerprint density at radius 3 is 2.54 bits per heavy atom. The Morgan fingerprint density at radius 2 is 1.74 bits per heavy atom. The van der Waals surface area contributed by atoms with E-state index in [4.69, 9.17) is 21.1 Å². The Bertz CT molecular complexity index is 1300. The average Bonchev–Trinajstić information content (AvgIpc) is 3.37. The summed E-state index contributed by atoms with van der Waals surface area (Å²) >= 11 is 6.14. The molecule has 1 aliphatic heterocycles. The molecule has 5 rings (SSSR count). The van der Waals surface area contributed by atoms with Crippen LogP contribution in [0.3, 0.4) is 0 Å². The highest BCUT2D eigenvalue weighted by molar-refractivity contribution is 6.31. The minimum atomic E-state index is 0.574. The number of hydrogen-bond acceptors (Lipinski definition) is 8. The van der Waals surface area contributed by atoms with Gasteiger partial charge in [0.25, 0.3) is 0 Å². The van der Waals surface area contributed by atoms with E-state index in [9.17, 15) is 0 Å². The predicted molar refractivity (Wildman–Crippen MR) is 136 cm³/mol. The van der Waals surface area contributed by atoms with Gasteiger partial charge >= 0.3 is 0 Å². The van der Waals surface area contributed by atoms with Crippen LogP contribution in [0.4, 0.5) is 5.69 Å². The van der Waals surface area contributed by atoms with Gasteiger partial charge in [0.2, 0.25) is 5.82 Å². The molecule has 0 N–H and O–H groups in total. The molecule has 0 spiro atoms. The van der Waals surface area contributed by atoms with Gasteiger partial charge in [-0.2, -0.15) is 4.80 Å². The number of rotatable bonds is 8. The molecular weight excluding hydrogens is 466 g/mol. The van der Waals surface area contributed by atoms with Crippen LogP contribution >= 0.6 is 11.6 Å². The van der Waals surface area contributed by atoms with Crippen LogP contribution in [-0.2, 0) is 6.54 Å². The van der Waals surface area contributed by atoms with Crippen molar-refractivity contribution in [3.05, 3.63) is 53.7 Å². The van der Waals surface area contributed by atoms with Crippen molar-refractivity contribution in [3.8, 4) is 22.9 Å². The highest BCUT2D eigenvalue weighted by Crippen LogP contribution is 2.31. The molecule has 1 aliphatic rings. The van der Waals surface area contributed by atoms with Crippen LogP contribution in [0, 0.1) is 0 Å². The highest BCUT2D eigenvalue weighted by atomic mass is 35.5. The van der Waals surface area contributed by atoms with Crippen LogP contribution in [0.2, 0.25) is 5.02 Å². The second kappa shape index (κ2) is 10.5. The van der Waals surface area contributed by atoms with Gasteiger partial charge in [-0.15, -0.1) is 10.2 Å². The number of aryl methyl sites for hydroxylation is 1. The lowest BCUT2D eigenvalue weighted by Gasteiger charge is -2.36. The molecule has 0 bridgehead atoms. The van der Waals surface area contributed by atoms with Crippen molar-refractivity contribution in [2.75, 3.05) is 51.8 Å². The molecule has 0 atom stereocenters. The van der Waals surface area contributed by atoms with E-state index in [1.807, 2.05) is 36.5 Å². The van der Waals surface area contributed by atoms with Gasteiger partial charge in [-0.3, -0.25) is 9.88 Å². The number of tetrazole rings is 1. The van der Waals surface area contributed by atoms with Gasteiger partial charge in [0, 0.05) is 60.6 Å². The first kappa shape index (κ1) is 23.3. The lowest BCUT2D eigenvalue weighted by atomic mass is 10.1. The maximum absolute atomic E-state index is 6.14. The number of nitrogens with zero attached hydrogens (tertiary/aromatic N) is 7. The molecule has 10 heteroatoms. The number of fused-ring (bicyclic) bond motifs is 1. The summed E-state index contributed by atoms with van der Waals surface area (Å²) in [4.78, 5) is 11.1.